The van der Waals surface area contributed by atoms with E-state index in [4.69, 9.17) is 9.84 Å². The average Bonchev–Trinajstić information content (AvgIpc) is 3.09. The predicted molar refractivity (Wildman–Crippen MR) is 113 cm³/mol. The molecule has 0 radical (unpaired) electrons. The Balaban J connectivity index is 1.73. The largest absolute Gasteiger partial charge is 0.497 e. The van der Waals surface area contributed by atoms with Crippen molar-refractivity contribution in [1.29, 1.82) is 0 Å². The summed E-state index contributed by atoms with van der Waals surface area (Å²) in [6.07, 6.45) is 2.37. The van der Waals surface area contributed by atoms with Crippen LogP contribution in [-0.2, 0) is 4.79 Å². The van der Waals surface area contributed by atoms with E-state index in [1.165, 1.54) is 0 Å². The number of benzene rings is 2. The van der Waals surface area contributed by atoms with Gasteiger partial charge in [0.05, 0.1) is 18.5 Å². The fraction of sp³-hybridized carbons (Fsp3) is 0.250. The maximum Gasteiger partial charge on any atom is 0.161 e. The zero-order valence-electron chi connectivity index (χ0n) is 16.6. The van der Waals surface area contributed by atoms with E-state index in [0.717, 1.165) is 58.2 Å². The summed E-state index contributed by atoms with van der Waals surface area (Å²) in [5.74, 6) is 1.89. The molecular formula is C24H23N3O2. The van der Waals surface area contributed by atoms with Crippen LogP contribution < -0.4 is 10.1 Å². The second-order valence-electron chi connectivity index (χ2n) is 7.60. The van der Waals surface area contributed by atoms with Crippen molar-refractivity contribution in [2.75, 3.05) is 12.4 Å². The summed E-state index contributed by atoms with van der Waals surface area (Å²) in [6.45, 7) is 2.02. The fourth-order valence-corrected chi connectivity index (χ4v) is 4.51. The Morgan fingerprint density at radius 2 is 1.83 bits per heavy atom. The normalized spacial score (nSPS) is 18.1. The maximum atomic E-state index is 13.0. The monoisotopic (exact) mass is 385 g/mol. The zero-order chi connectivity index (χ0) is 20.0. The van der Waals surface area contributed by atoms with Gasteiger partial charge in [0.1, 0.15) is 11.6 Å². The summed E-state index contributed by atoms with van der Waals surface area (Å²) in [7, 11) is 1.66. The summed E-state index contributed by atoms with van der Waals surface area (Å²) in [6, 6.07) is 18.2. The molecule has 1 aliphatic carbocycles. The van der Waals surface area contributed by atoms with Crippen LogP contribution in [0.4, 0.5) is 5.82 Å². The summed E-state index contributed by atoms with van der Waals surface area (Å²) < 4.78 is 7.29. The van der Waals surface area contributed by atoms with E-state index >= 15 is 0 Å². The zero-order valence-corrected chi connectivity index (χ0v) is 16.6. The number of Topliss-reactive ketones (excluding diaryl/α,β-unsaturated/α-hetero) is 1. The number of nitrogens with zero attached hydrogens (tertiary/aromatic N) is 2. The van der Waals surface area contributed by atoms with Crippen LogP contribution in [0.1, 0.15) is 42.0 Å². The van der Waals surface area contributed by atoms with Gasteiger partial charge in [-0.1, -0.05) is 30.3 Å². The molecule has 29 heavy (non-hydrogen) atoms. The lowest BCUT2D eigenvalue weighted by Crippen LogP contribution is -2.27. The molecule has 1 atom stereocenters. The first-order valence-electron chi connectivity index (χ1n) is 9.99. The van der Waals surface area contributed by atoms with Gasteiger partial charge in [0, 0.05) is 29.2 Å². The van der Waals surface area contributed by atoms with E-state index in [1.807, 2.05) is 54.1 Å². The second kappa shape index (κ2) is 6.92. The molecule has 0 unspecified atom stereocenters. The Morgan fingerprint density at radius 1 is 1.07 bits per heavy atom. The highest BCUT2D eigenvalue weighted by Gasteiger charge is 2.38. The first-order valence-corrected chi connectivity index (χ1v) is 9.99. The molecule has 2 aliphatic rings. The molecule has 0 fully saturated rings. The van der Waals surface area contributed by atoms with Gasteiger partial charge in [-0.15, -0.1) is 0 Å². The van der Waals surface area contributed by atoms with Crippen molar-refractivity contribution in [2.45, 2.75) is 32.1 Å². The van der Waals surface area contributed by atoms with Gasteiger partial charge in [-0.3, -0.25) is 4.79 Å². The van der Waals surface area contributed by atoms with Crippen molar-refractivity contribution < 1.29 is 9.53 Å². The second-order valence-corrected chi connectivity index (χ2v) is 7.60. The van der Waals surface area contributed by atoms with Gasteiger partial charge in [0.25, 0.3) is 0 Å². The number of fused-ring (bicyclic) bond motifs is 1. The third kappa shape index (κ3) is 2.85. The quantitative estimate of drug-likeness (QED) is 0.707. The van der Waals surface area contributed by atoms with Gasteiger partial charge in [-0.05, 0) is 49.6 Å². The van der Waals surface area contributed by atoms with Crippen LogP contribution in [0, 0.1) is 6.92 Å². The minimum absolute atomic E-state index is 0.114. The number of carbonyl (C=O) groups excluding carboxylic acids is 1. The van der Waals surface area contributed by atoms with Gasteiger partial charge < -0.3 is 10.1 Å². The molecule has 3 aromatic rings. The lowest BCUT2D eigenvalue weighted by molar-refractivity contribution is -0.116. The van der Waals surface area contributed by atoms with Gasteiger partial charge in [0.15, 0.2) is 5.78 Å². The highest BCUT2D eigenvalue weighted by atomic mass is 16.5. The molecule has 1 aliphatic heterocycles. The lowest BCUT2D eigenvalue weighted by atomic mass is 9.76. The van der Waals surface area contributed by atoms with Gasteiger partial charge >= 0.3 is 0 Å². The minimum atomic E-state index is -0.114. The fourth-order valence-electron chi connectivity index (χ4n) is 4.51. The minimum Gasteiger partial charge on any atom is -0.497 e. The van der Waals surface area contributed by atoms with E-state index in [1.54, 1.807) is 7.11 Å². The Kier molecular flexibility index (Phi) is 4.23. The maximum absolute atomic E-state index is 13.0. The van der Waals surface area contributed by atoms with E-state index in [9.17, 15) is 4.79 Å². The van der Waals surface area contributed by atoms with Gasteiger partial charge in [0.2, 0.25) is 0 Å². The topological polar surface area (TPSA) is 56.1 Å². The Labute approximate surface area is 170 Å². The van der Waals surface area contributed by atoms with E-state index < -0.39 is 0 Å². The van der Waals surface area contributed by atoms with E-state index in [0.29, 0.717) is 6.42 Å². The van der Waals surface area contributed by atoms with Crippen LogP contribution >= 0.6 is 0 Å². The van der Waals surface area contributed by atoms with Crippen LogP contribution in [-0.4, -0.2) is 22.7 Å². The van der Waals surface area contributed by atoms with Crippen molar-refractivity contribution in [3.63, 3.8) is 0 Å². The van der Waals surface area contributed by atoms with Gasteiger partial charge in [-0.25, -0.2) is 4.68 Å². The number of methoxy groups -OCH3 is 1. The lowest BCUT2D eigenvalue weighted by Gasteiger charge is -2.33. The average molecular weight is 385 g/mol. The Hall–Kier alpha value is -3.34. The molecule has 0 saturated heterocycles. The summed E-state index contributed by atoms with van der Waals surface area (Å²) >= 11 is 0. The SMILES string of the molecule is COc1ccc([C@H]2C3=C(CCCC3=O)Nc3c2c(C)nn3-c2ccccc2)cc1. The standard InChI is InChI=1S/C24H23N3O2/c1-15-21-22(16-11-13-18(29-2)14-12-16)23-19(9-6-10-20(23)28)25-24(21)27(26-15)17-7-4-3-5-8-17/h3-5,7-8,11-14,22,25H,6,9-10H2,1-2H3/t22-/m1/s1. The molecule has 2 heterocycles. The van der Waals surface area contributed by atoms with Crippen molar-refractivity contribution in [3.8, 4) is 11.4 Å². The van der Waals surface area contributed by atoms with Crippen molar-refractivity contribution >= 4 is 11.6 Å². The molecule has 5 nitrogen and oxygen atoms in total. The highest BCUT2D eigenvalue weighted by Crippen LogP contribution is 2.47. The molecule has 2 aromatic carbocycles. The number of carbonyl (C=O) groups is 1. The first-order chi connectivity index (χ1) is 14.2. The van der Waals surface area contributed by atoms with Crippen molar-refractivity contribution in [3.05, 3.63) is 82.7 Å². The Morgan fingerprint density at radius 3 is 2.55 bits per heavy atom. The number of aryl methyl sites for hydroxylation is 1. The summed E-state index contributed by atoms with van der Waals surface area (Å²) in [4.78, 5) is 13.0. The van der Waals surface area contributed by atoms with Crippen LogP contribution in [0.15, 0.2) is 65.9 Å². The van der Waals surface area contributed by atoms with Crippen molar-refractivity contribution in [2.24, 2.45) is 0 Å². The summed E-state index contributed by atoms with van der Waals surface area (Å²) in [5.41, 5.74) is 6.03. The van der Waals surface area contributed by atoms with E-state index in [2.05, 4.69) is 17.4 Å². The Bertz CT molecular complexity index is 1110. The number of hydrogen-bond donors (Lipinski definition) is 1. The van der Waals surface area contributed by atoms with Gasteiger partial charge in [-0.2, -0.15) is 5.10 Å². The predicted octanol–water partition coefficient (Wildman–Crippen LogP) is 4.75. The molecular weight excluding hydrogens is 362 g/mol. The highest BCUT2D eigenvalue weighted by molar-refractivity contribution is 6.01. The molecule has 1 N–H and O–H groups in total. The molecule has 146 valence electrons. The first kappa shape index (κ1) is 17.7. The van der Waals surface area contributed by atoms with Crippen LogP contribution in [0.3, 0.4) is 0 Å². The number of allylic oxidation sites excluding steroid dienone is 2. The number of para-hydroxylation sites is 1. The van der Waals surface area contributed by atoms with Crippen molar-refractivity contribution in [1.82, 2.24) is 9.78 Å². The molecule has 1 aromatic heterocycles. The molecule has 0 bridgehead atoms. The van der Waals surface area contributed by atoms with E-state index in [-0.39, 0.29) is 11.7 Å². The smallest absolute Gasteiger partial charge is 0.161 e. The number of ketones is 1. The number of rotatable bonds is 3. The van der Waals surface area contributed by atoms with Crippen LogP contribution in [0.25, 0.3) is 5.69 Å². The third-order valence-corrected chi connectivity index (χ3v) is 5.86. The third-order valence-electron chi connectivity index (χ3n) is 5.86. The van der Waals surface area contributed by atoms with Crippen LogP contribution in [0.5, 0.6) is 5.75 Å². The van der Waals surface area contributed by atoms with Crippen LogP contribution in [0.2, 0.25) is 0 Å². The number of aromatic nitrogens is 2. The molecule has 0 saturated carbocycles. The summed E-state index contributed by atoms with van der Waals surface area (Å²) in [5, 5.41) is 8.42. The molecule has 0 amide bonds. The molecule has 0 spiro atoms. The number of hydrogen-bond acceptors (Lipinski definition) is 4. The molecule has 5 rings (SSSR count). The molecule has 5 heteroatoms. The number of ether oxygens (including phenoxy) is 1. The number of anilines is 1. The number of nitrogens with one attached hydrogen (secondary N) is 1.